The molecule has 1 rings (SSSR count). The van der Waals surface area contributed by atoms with Crippen LogP contribution in [-0.2, 0) is 0 Å². The number of aromatic nitrogens is 1. The zero-order valence-corrected chi connectivity index (χ0v) is 8.50. The molecule has 0 saturated heterocycles. The van der Waals surface area contributed by atoms with Crippen LogP contribution in [0.1, 0.15) is 11.7 Å². The fourth-order valence-electron chi connectivity index (χ4n) is 0.946. The molecule has 0 aliphatic heterocycles. The second kappa shape index (κ2) is 4.89. The first-order valence-electron chi connectivity index (χ1n) is 3.79. The Hall–Kier alpha value is -0.420. The highest BCUT2D eigenvalue weighted by Gasteiger charge is 2.21. The molecule has 0 aliphatic carbocycles. The predicted molar refractivity (Wildman–Crippen MR) is 50.9 cm³/mol. The van der Waals surface area contributed by atoms with Crippen LogP contribution in [0.5, 0.6) is 0 Å². The van der Waals surface area contributed by atoms with Crippen molar-refractivity contribution in [2.24, 2.45) is 0 Å². The zero-order valence-electron chi connectivity index (χ0n) is 6.99. The van der Waals surface area contributed by atoms with Crippen molar-refractivity contribution in [3.8, 4) is 0 Å². The van der Waals surface area contributed by atoms with Crippen LogP contribution in [0.4, 0.5) is 4.39 Å². The second-order valence-electron chi connectivity index (χ2n) is 2.70. The molecular weight excluding hydrogens is 232 g/mol. The van der Waals surface area contributed by atoms with Gasteiger partial charge in [0.15, 0.2) is 0 Å². The Balaban J connectivity index is 2.99. The van der Waals surface area contributed by atoms with Crippen molar-refractivity contribution in [1.82, 2.24) is 4.98 Å². The number of alkyl halides is 1. The minimum Gasteiger partial charge on any atom is -0.389 e. The monoisotopic (exact) mass is 239 g/mol. The molecule has 2 atom stereocenters. The van der Waals surface area contributed by atoms with Crippen molar-refractivity contribution in [1.29, 1.82) is 0 Å². The third kappa shape index (κ3) is 2.54. The van der Waals surface area contributed by atoms with Gasteiger partial charge in [0.05, 0.1) is 18.2 Å². The quantitative estimate of drug-likeness (QED) is 0.621. The molecule has 14 heavy (non-hydrogen) atoms. The molecule has 1 aromatic rings. The highest BCUT2D eigenvalue weighted by Crippen LogP contribution is 2.22. The van der Waals surface area contributed by atoms with Gasteiger partial charge in [-0.1, -0.05) is 11.6 Å². The number of nitrogens with zero attached hydrogens (tertiary/aromatic N) is 1. The van der Waals surface area contributed by atoms with Gasteiger partial charge >= 0.3 is 0 Å². The zero-order chi connectivity index (χ0) is 10.7. The molecule has 3 nitrogen and oxygen atoms in total. The maximum Gasteiger partial charge on any atom is 0.147 e. The van der Waals surface area contributed by atoms with E-state index in [-0.39, 0.29) is 16.6 Å². The van der Waals surface area contributed by atoms with Gasteiger partial charge in [0.1, 0.15) is 17.1 Å². The third-order valence-electron chi connectivity index (χ3n) is 1.69. The van der Waals surface area contributed by atoms with Crippen LogP contribution in [0, 0.1) is 5.82 Å². The lowest BCUT2D eigenvalue weighted by molar-refractivity contribution is 0.0304. The van der Waals surface area contributed by atoms with Crippen LogP contribution >= 0.6 is 23.2 Å². The van der Waals surface area contributed by atoms with Gasteiger partial charge in [0.25, 0.3) is 0 Å². The van der Waals surface area contributed by atoms with E-state index in [1.54, 1.807) is 0 Å². The fourth-order valence-corrected chi connectivity index (χ4v) is 1.28. The molecule has 0 fully saturated rings. The van der Waals surface area contributed by atoms with E-state index >= 15 is 0 Å². The summed E-state index contributed by atoms with van der Waals surface area (Å²) in [6.45, 7) is 0. The van der Waals surface area contributed by atoms with Crippen molar-refractivity contribution in [3.05, 3.63) is 28.8 Å². The molecule has 1 heterocycles. The van der Waals surface area contributed by atoms with Gasteiger partial charge in [-0.15, -0.1) is 11.6 Å². The summed E-state index contributed by atoms with van der Waals surface area (Å²) in [5.41, 5.74) is -0.113. The van der Waals surface area contributed by atoms with Crippen molar-refractivity contribution >= 4 is 23.2 Å². The molecule has 2 N–H and O–H groups in total. The summed E-state index contributed by atoms with van der Waals surface area (Å²) in [6.07, 6.45) is -1.75. The van der Waals surface area contributed by atoms with Crippen LogP contribution in [0.15, 0.2) is 12.3 Å². The normalized spacial score (nSPS) is 15.2. The van der Waals surface area contributed by atoms with E-state index in [1.807, 2.05) is 0 Å². The molecule has 0 aliphatic rings. The van der Waals surface area contributed by atoms with Crippen molar-refractivity contribution in [2.75, 3.05) is 5.88 Å². The van der Waals surface area contributed by atoms with Crippen LogP contribution in [0.3, 0.4) is 0 Å². The summed E-state index contributed by atoms with van der Waals surface area (Å²) < 4.78 is 13.1. The summed E-state index contributed by atoms with van der Waals surface area (Å²) in [7, 11) is 0. The first-order chi connectivity index (χ1) is 6.56. The molecule has 0 amide bonds. The average molecular weight is 240 g/mol. The number of rotatable bonds is 3. The molecule has 1 aromatic heterocycles. The van der Waals surface area contributed by atoms with Gasteiger partial charge in [-0.05, 0) is 6.07 Å². The van der Waals surface area contributed by atoms with E-state index in [9.17, 15) is 14.6 Å². The Morgan fingerprint density at radius 1 is 1.50 bits per heavy atom. The topological polar surface area (TPSA) is 53.4 Å². The van der Waals surface area contributed by atoms with Crippen molar-refractivity contribution in [2.45, 2.75) is 12.2 Å². The van der Waals surface area contributed by atoms with E-state index in [1.165, 1.54) is 0 Å². The smallest absolute Gasteiger partial charge is 0.147 e. The van der Waals surface area contributed by atoms with E-state index in [0.717, 1.165) is 12.3 Å². The number of hydrogen-bond acceptors (Lipinski definition) is 3. The number of hydrogen-bond donors (Lipinski definition) is 2. The van der Waals surface area contributed by atoms with Gasteiger partial charge < -0.3 is 10.2 Å². The van der Waals surface area contributed by atoms with Gasteiger partial charge in [-0.2, -0.15) is 0 Å². The number of aliphatic hydroxyl groups excluding tert-OH is 2. The van der Waals surface area contributed by atoms with E-state index in [0.29, 0.717) is 0 Å². The molecule has 78 valence electrons. The lowest BCUT2D eigenvalue weighted by Crippen LogP contribution is -2.20. The molecular formula is C8H8Cl2FNO2. The Morgan fingerprint density at radius 3 is 2.71 bits per heavy atom. The van der Waals surface area contributed by atoms with Crippen LogP contribution < -0.4 is 0 Å². The highest BCUT2D eigenvalue weighted by atomic mass is 35.5. The minimum absolute atomic E-state index is 0.0437. The van der Waals surface area contributed by atoms with Crippen LogP contribution in [-0.4, -0.2) is 27.2 Å². The Labute approximate surface area is 90.1 Å². The Kier molecular flexibility index (Phi) is 4.07. The number of pyridine rings is 1. The first-order valence-corrected chi connectivity index (χ1v) is 4.70. The molecule has 0 spiro atoms. The van der Waals surface area contributed by atoms with Crippen molar-refractivity contribution < 1.29 is 14.6 Å². The van der Waals surface area contributed by atoms with Crippen LogP contribution in [0.25, 0.3) is 0 Å². The lowest BCUT2D eigenvalue weighted by Gasteiger charge is -2.16. The van der Waals surface area contributed by atoms with Gasteiger partial charge in [0.2, 0.25) is 0 Å². The van der Waals surface area contributed by atoms with Gasteiger partial charge in [0, 0.05) is 5.56 Å². The Bertz CT molecular complexity index is 324. The van der Waals surface area contributed by atoms with Crippen molar-refractivity contribution in [3.63, 3.8) is 0 Å². The summed E-state index contributed by atoms with van der Waals surface area (Å²) >= 11 is 10.8. The molecule has 0 saturated carbocycles. The third-order valence-corrected chi connectivity index (χ3v) is 2.22. The number of halogens is 3. The molecule has 0 bridgehead atoms. The standard InChI is InChI=1S/C8H8Cl2FNO2/c9-2-6(13)8(14)4-1-7(10)12-3-5(4)11/h1,3,6,8,13-14H,2H2. The largest absolute Gasteiger partial charge is 0.389 e. The average Bonchev–Trinajstić information content (AvgIpc) is 2.19. The predicted octanol–water partition coefficient (Wildman–Crippen LogP) is 1.51. The Morgan fingerprint density at radius 2 is 2.14 bits per heavy atom. The summed E-state index contributed by atoms with van der Waals surface area (Å²) in [6, 6.07) is 1.15. The minimum atomic E-state index is -1.40. The second-order valence-corrected chi connectivity index (χ2v) is 3.39. The summed E-state index contributed by atoms with van der Waals surface area (Å²) in [4.78, 5) is 3.47. The maximum atomic E-state index is 13.1. The lowest BCUT2D eigenvalue weighted by atomic mass is 10.1. The highest BCUT2D eigenvalue weighted by molar-refractivity contribution is 6.29. The molecule has 2 unspecified atom stereocenters. The van der Waals surface area contributed by atoms with E-state index in [4.69, 9.17) is 23.2 Å². The first kappa shape index (κ1) is 11.7. The molecule has 0 radical (unpaired) electrons. The molecule has 6 heteroatoms. The molecule has 0 aromatic carbocycles. The number of aliphatic hydroxyl groups is 2. The summed E-state index contributed by atoms with van der Waals surface area (Å²) in [5.74, 6) is -0.924. The fraction of sp³-hybridized carbons (Fsp3) is 0.375. The van der Waals surface area contributed by atoms with E-state index < -0.39 is 18.0 Å². The van der Waals surface area contributed by atoms with Crippen LogP contribution in [0.2, 0.25) is 5.15 Å². The SMILES string of the molecule is OC(CCl)C(O)c1cc(Cl)ncc1F. The van der Waals surface area contributed by atoms with Gasteiger partial charge in [-0.25, -0.2) is 9.37 Å². The maximum absolute atomic E-state index is 13.1. The van der Waals surface area contributed by atoms with E-state index in [2.05, 4.69) is 4.98 Å². The summed E-state index contributed by atoms with van der Waals surface area (Å²) in [5, 5.41) is 18.7. The van der Waals surface area contributed by atoms with Gasteiger partial charge in [-0.3, -0.25) is 0 Å².